The summed E-state index contributed by atoms with van der Waals surface area (Å²) in [4.78, 5) is 54.5. The molecular weight excluding hydrogens is 678 g/mol. The van der Waals surface area contributed by atoms with Crippen molar-refractivity contribution in [3.63, 3.8) is 0 Å². The van der Waals surface area contributed by atoms with Crippen LogP contribution >= 0.6 is 0 Å². The van der Waals surface area contributed by atoms with Crippen molar-refractivity contribution in [3.05, 3.63) is 59.2 Å². The van der Waals surface area contributed by atoms with E-state index in [0.29, 0.717) is 0 Å². The van der Waals surface area contributed by atoms with E-state index in [9.17, 15) is 44.7 Å². The van der Waals surface area contributed by atoms with Gasteiger partial charge in [0.1, 0.15) is 36.1 Å². The van der Waals surface area contributed by atoms with Crippen LogP contribution in [0.5, 0.6) is 0 Å². The molecule has 0 spiro atoms. The lowest BCUT2D eigenvalue weighted by molar-refractivity contribution is -0.343. The number of carbonyl (C=O) groups excluding carboxylic acids is 4. The van der Waals surface area contributed by atoms with Gasteiger partial charge in [-0.2, -0.15) is 0 Å². The number of hydrogen-bond acceptors (Lipinski definition) is 13. The molecule has 1 saturated heterocycles. The molecule has 2 bridgehead atoms. The fourth-order valence-corrected chi connectivity index (χ4v) is 8.74. The van der Waals surface area contributed by atoms with Crippen molar-refractivity contribution in [2.24, 2.45) is 22.7 Å². The maximum absolute atomic E-state index is 14.6. The highest BCUT2D eigenvalue weighted by molar-refractivity contribution is 5.94. The first-order valence-electron chi connectivity index (χ1n) is 17.6. The number of Topliss-reactive ketones (excluding diaryl/α,β-unsaturated/α-hetero) is 1. The highest BCUT2D eigenvalue weighted by Crippen LogP contribution is 2.63. The van der Waals surface area contributed by atoms with Gasteiger partial charge in [0.05, 0.1) is 35.8 Å². The molecule has 0 radical (unpaired) electrons. The molecule has 1 aromatic carbocycles. The fourth-order valence-electron chi connectivity index (χ4n) is 8.74. The van der Waals surface area contributed by atoms with E-state index in [1.54, 1.807) is 65.0 Å². The summed E-state index contributed by atoms with van der Waals surface area (Å²) in [7, 11) is 0. The zero-order chi connectivity index (χ0) is 38.6. The van der Waals surface area contributed by atoms with Crippen molar-refractivity contribution in [1.29, 1.82) is 0 Å². The van der Waals surface area contributed by atoms with Crippen molar-refractivity contribution >= 4 is 23.8 Å². The first-order chi connectivity index (χ1) is 24.3. The normalized spacial score (nSPS) is 36.4. The molecule has 1 aromatic rings. The van der Waals surface area contributed by atoms with Gasteiger partial charge < -0.3 is 49.8 Å². The van der Waals surface area contributed by atoms with Crippen LogP contribution in [-0.4, -0.2) is 116 Å². The number of allylic oxidation sites excluding steroid dienone is 1. The van der Waals surface area contributed by atoms with E-state index >= 15 is 0 Å². The predicted octanol–water partition coefficient (Wildman–Crippen LogP) is 1.75. The third-order valence-corrected chi connectivity index (χ3v) is 12.0. The number of alkyl carbamates (subject to hydrolysis) is 1. The van der Waals surface area contributed by atoms with E-state index < -0.39 is 107 Å². The van der Waals surface area contributed by atoms with Crippen LogP contribution in [0.4, 0.5) is 4.79 Å². The molecule has 1 amide bonds. The Bertz CT molecular complexity index is 1620. The Hall–Kier alpha value is -3.66. The van der Waals surface area contributed by atoms with Crippen LogP contribution in [0.25, 0.3) is 0 Å². The largest absolute Gasteiger partial charge is 0.456 e. The minimum Gasteiger partial charge on any atom is -0.456 e. The first-order valence-corrected chi connectivity index (χ1v) is 17.6. The summed E-state index contributed by atoms with van der Waals surface area (Å²) >= 11 is 0. The predicted molar refractivity (Wildman–Crippen MR) is 183 cm³/mol. The monoisotopic (exact) mass is 729 g/mol. The van der Waals surface area contributed by atoms with Crippen molar-refractivity contribution < 1.29 is 63.7 Å². The summed E-state index contributed by atoms with van der Waals surface area (Å²) < 4.78 is 22.7. The SMILES string of the molecule is C/C=C/COC(=O)N[C@@H](C(C)C)[C@@H](O)C(=O)OC1C[C@@]2(O)[C@@H](OC(=O)c3ccccc3)[C@@H]3[C@]4(O)CO[C@@H]4C[C@H](O)[C@@]3(C)C(=O)[C@H](O)C(=C1C)C2(C)C. The maximum Gasteiger partial charge on any atom is 0.407 e. The molecule has 1 heterocycles. The highest BCUT2D eigenvalue weighted by Gasteiger charge is 2.76. The smallest absolute Gasteiger partial charge is 0.407 e. The van der Waals surface area contributed by atoms with Gasteiger partial charge in [0.25, 0.3) is 0 Å². The van der Waals surface area contributed by atoms with Crippen LogP contribution in [0.2, 0.25) is 0 Å². The zero-order valence-corrected chi connectivity index (χ0v) is 30.6. The van der Waals surface area contributed by atoms with E-state index in [4.69, 9.17) is 18.9 Å². The van der Waals surface area contributed by atoms with Gasteiger partial charge in [-0.25, -0.2) is 14.4 Å². The molecule has 2 saturated carbocycles. The van der Waals surface area contributed by atoms with Crippen LogP contribution < -0.4 is 5.32 Å². The van der Waals surface area contributed by atoms with Crippen LogP contribution in [0, 0.1) is 22.7 Å². The first kappa shape index (κ1) is 39.5. The molecule has 11 atom stereocenters. The van der Waals surface area contributed by atoms with Gasteiger partial charge in [-0.3, -0.25) is 4.79 Å². The topological polar surface area (TPSA) is 218 Å². The molecule has 1 unspecified atom stereocenters. The summed E-state index contributed by atoms with van der Waals surface area (Å²) in [5, 5.41) is 62.5. The second-order valence-electron chi connectivity index (χ2n) is 15.6. The molecule has 52 heavy (non-hydrogen) atoms. The molecule has 3 aliphatic carbocycles. The molecule has 4 aliphatic rings. The third-order valence-electron chi connectivity index (χ3n) is 12.0. The molecule has 5 rings (SSSR count). The van der Waals surface area contributed by atoms with E-state index in [1.807, 2.05) is 0 Å². The number of ketones is 1. The number of fused-ring (bicyclic) bond motifs is 5. The van der Waals surface area contributed by atoms with E-state index in [0.717, 1.165) is 0 Å². The van der Waals surface area contributed by atoms with E-state index in [-0.39, 0.29) is 36.3 Å². The summed E-state index contributed by atoms with van der Waals surface area (Å²) in [5.41, 5.74) is -7.43. The molecular formula is C38H51NO13. The van der Waals surface area contributed by atoms with Gasteiger partial charge in [-0.1, -0.05) is 58.0 Å². The number of aliphatic hydroxyl groups excluding tert-OH is 3. The van der Waals surface area contributed by atoms with Gasteiger partial charge in [0.2, 0.25) is 0 Å². The van der Waals surface area contributed by atoms with Crippen LogP contribution in [0.1, 0.15) is 71.7 Å². The lowest BCUT2D eigenvalue weighted by Crippen LogP contribution is -2.81. The molecule has 14 nitrogen and oxygen atoms in total. The lowest BCUT2D eigenvalue weighted by atomic mass is 9.44. The summed E-state index contributed by atoms with van der Waals surface area (Å²) in [6, 6.07) is 6.73. The van der Waals surface area contributed by atoms with E-state index in [2.05, 4.69) is 5.32 Å². The summed E-state index contributed by atoms with van der Waals surface area (Å²) in [5.74, 6) is -4.95. The lowest BCUT2D eigenvalue weighted by Gasteiger charge is -2.66. The van der Waals surface area contributed by atoms with Gasteiger partial charge in [-0.15, -0.1) is 0 Å². The van der Waals surface area contributed by atoms with Crippen molar-refractivity contribution in [2.75, 3.05) is 13.2 Å². The number of nitrogens with one attached hydrogen (secondary N) is 1. The average Bonchev–Trinajstić information content (AvgIpc) is 3.09. The Morgan fingerprint density at radius 1 is 1.08 bits per heavy atom. The highest BCUT2D eigenvalue weighted by atomic mass is 16.6. The van der Waals surface area contributed by atoms with E-state index in [1.165, 1.54) is 26.0 Å². The van der Waals surface area contributed by atoms with Gasteiger partial charge in [-0.05, 0) is 50.0 Å². The Labute approximate surface area is 302 Å². The van der Waals surface area contributed by atoms with Gasteiger partial charge >= 0.3 is 18.0 Å². The minimum atomic E-state index is -2.28. The van der Waals surface area contributed by atoms with Crippen LogP contribution in [-0.2, 0) is 28.5 Å². The van der Waals surface area contributed by atoms with Gasteiger partial charge in [0.15, 0.2) is 11.9 Å². The number of ether oxygens (including phenoxy) is 4. The minimum absolute atomic E-state index is 0.0313. The average molecular weight is 730 g/mol. The second-order valence-corrected chi connectivity index (χ2v) is 15.6. The third kappa shape index (κ3) is 6.26. The van der Waals surface area contributed by atoms with Crippen LogP contribution in [0.15, 0.2) is 53.6 Å². The number of rotatable bonds is 9. The Morgan fingerprint density at radius 3 is 2.31 bits per heavy atom. The van der Waals surface area contributed by atoms with Crippen LogP contribution in [0.3, 0.4) is 0 Å². The molecule has 1 aliphatic heterocycles. The number of aliphatic hydroxyl groups is 5. The summed E-state index contributed by atoms with van der Waals surface area (Å²) in [6.07, 6.45) is -7.71. The molecule has 6 N–H and O–H groups in total. The van der Waals surface area contributed by atoms with Crippen molar-refractivity contribution in [3.8, 4) is 0 Å². The molecule has 3 fully saturated rings. The Morgan fingerprint density at radius 2 is 1.73 bits per heavy atom. The number of hydrogen-bond donors (Lipinski definition) is 6. The summed E-state index contributed by atoms with van der Waals surface area (Å²) in [6.45, 7) is 10.7. The number of amides is 1. The van der Waals surface area contributed by atoms with Crippen molar-refractivity contribution in [2.45, 2.75) is 115 Å². The van der Waals surface area contributed by atoms with Crippen molar-refractivity contribution in [1.82, 2.24) is 5.32 Å². The molecule has 0 aromatic heterocycles. The molecule has 14 heteroatoms. The maximum atomic E-state index is 14.6. The standard InChI is InChI=1S/C38H51NO13/c1-8-9-15-49-34(46)39-26(19(2)3)28(42)33(45)51-22-17-38(48)31(52-32(44)21-13-11-10-12-14-21)29-36(7,23(40)16-24-37(29,47)18-50-24)30(43)27(41)25(20(22)4)35(38,5)6/h8-14,19,22-24,26-29,31,40-42,47-48H,15-18H2,1-7H3,(H,39,46)/b9-8+/t22?,23-,24+,26-,27+,28+,29-,31-,36+,37-,38+/m0/s1. The Balaban J connectivity index is 1.60. The second kappa shape index (κ2) is 14.3. The number of esters is 2. The quantitative estimate of drug-likeness (QED) is 0.121. The fraction of sp³-hybridized carbons (Fsp3) is 0.632. The molecule has 286 valence electrons. The zero-order valence-electron chi connectivity index (χ0n) is 30.6. The number of benzene rings is 1. The van der Waals surface area contributed by atoms with Gasteiger partial charge in [0, 0.05) is 24.2 Å². The number of carbonyl (C=O) groups is 4. The Kier molecular flexibility index (Phi) is 10.9.